The van der Waals surface area contributed by atoms with Gasteiger partial charge in [-0.05, 0) is 30.2 Å². The zero-order valence-electron chi connectivity index (χ0n) is 10.6. The van der Waals surface area contributed by atoms with Crippen LogP contribution < -0.4 is 10.1 Å². The lowest BCUT2D eigenvalue weighted by Gasteiger charge is -2.11. The largest absolute Gasteiger partial charge is 0.484 e. The number of ether oxygens (including phenoxy) is 1. The summed E-state index contributed by atoms with van der Waals surface area (Å²) >= 11 is 3.30. The first-order chi connectivity index (χ1) is 8.97. The number of hydrogen-bond donors (Lipinski definition) is 2. The Morgan fingerprint density at radius 3 is 2.58 bits per heavy atom. The third-order valence-electron chi connectivity index (χ3n) is 2.35. The Bertz CT molecular complexity index is 433. The average molecular weight is 330 g/mol. The summed E-state index contributed by atoms with van der Waals surface area (Å²) in [7, 11) is 0. The van der Waals surface area contributed by atoms with Crippen LogP contribution in [0.15, 0.2) is 28.7 Å². The second-order valence-electron chi connectivity index (χ2n) is 4.25. The van der Waals surface area contributed by atoms with E-state index in [-0.39, 0.29) is 24.9 Å². The molecule has 5 nitrogen and oxygen atoms in total. The van der Waals surface area contributed by atoms with Crippen LogP contribution >= 0.6 is 15.9 Å². The van der Waals surface area contributed by atoms with E-state index in [1.807, 2.05) is 12.1 Å². The molecule has 0 spiro atoms. The number of carbonyl (C=O) groups is 2. The normalized spacial score (nSPS) is 11.7. The van der Waals surface area contributed by atoms with Gasteiger partial charge in [-0.25, -0.2) is 0 Å². The Morgan fingerprint density at radius 1 is 1.37 bits per heavy atom. The number of carboxylic acid groups (broad SMARTS) is 1. The highest BCUT2D eigenvalue weighted by Crippen LogP contribution is 2.15. The number of carbonyl (C=O) groups excluding carboxylic acids is 1. The fourth-order valence-electron chi connectivity index (χ4n) is 1.39. The minimum absolute atomic E-state index is 0.0356. The van der Waals surface area contributed by atoms with Gasteiger partial charge >= 0.3 is 5.97 Å². The van der Waals surface area contributed by atoms with Gasteiger partial charge in [-0.3, -0.25) is 9.59 Å². The summed E-state index contributed by atoms with van der Waals surface area (Å²) in [5.74, 6) is -0.626. The molecule has 6 heteroatoms. The molecule has 0 heterocycles. The average Bonchev–Trinajstić information content (AvgIpc) is 2.35. The van der Waals surface area contributed by atoms with E-state index in [1.54, 1.807) is 19.1 Å². The Morgan fingerprint density at radius 2 is 2.00 bits per heavy atom. The maximum atomic E-state index is 11.5. The molecule has 0 aliphatic rings. The molecular weight excluding hydrogens is 314 g/mol. The van der Waals surface area contributed by atoms with Crippen molar-refractivity contribution < 1.29 is 19.4 Å². The van der Waals surface area contributed by atoms with Crippen LogP contribution in [0.1, 0.15) is 13.3 Å². The summed E-state index contributed by atoms with van der Waals surface area (Å²) in [5.41, 5.74) is 0. The number of nitrogens with one attached hydrogen (secondary N) is 1. The second kappa shape index (κ2) is 7.78. The van der Waals surface area contributed by atoms with Gasteiger partial charge in [0.15, 0.2) is 6.61 Å². The molecule has 104 valence electrons. The Hall–Kier alpha value is -1.56. The van der Waals surface area contributed by atoms with Gasteiger partial charge in [0, 0.05) is 17.4 Å². The van der Waals surface area contributed by atoms with Gasteiger partial charge in [0.1, 0.15) is 5.75 Å². The van der Waals surface area contributed by atoms with E-state index in [4.69, 9.17) is 9.84 Å². The molecule has 0 saturated heterocycles. The van der Waals surface area contributed by atoms with Crippen molar-refractivity contribution in [3.63, 3.8) is 0 Å². The highest BCUT2D eigenvalue weighted by atomic mass is 79.9. The number of rotatable bonds is 7. The standard InChI is InChI=1S/C13H16BrNO4/c1-9(6-13(17)18)7-15-12(16)8-19-11-4-2-10(14)3-5-11/h2-5,9H,6-8H2,1H3,(H,15,16)(H,17,18). The molecule has 0 saturated carbocycles. The molecule has 1 aromatic carbocycles. The minimum atomic E-state index is -0.868. The number of hydrogen-bond acceptors (Lipinski definition) is 3. The molecule has 1 aromatic rings. The van der Waals surface area contributed by atoms with Crippen molar-refractivity contribution in [3.05, 3.63) is 28.7 Å². The maximum Gasteiger partial charge on any atom is 0.303 e. The number of halogens is 1. The van der Waals surface area contributed by atoms with Gasteiger partial charge in [-0.2, -0.15) is 0 Å². The zero-order chi connectivity index (χ0) is 14.3. The summed E-state index contributed by atoms with van der Waals surface area (Å²) in [6.45, 7) is 2.01. The SMILES string of the molecule is CC(CNC(=O)COc1ccc(Br)cc1)CC(=O)O. The van der Waals surface area contributed by atoms with Crippen LogP contribution in [0.4, 0.5) is 0 Å². The van der Waals surface area contributed by atoms with E-state index < -0.39 is 5.97 Å². The molecule has 1 amide bonds. The van der Waals surface area contributed by atoms with Crippen molar-refractivity contribution in [2.24, 2.45) is 5.92 Å². The van der Waals surface area contributed by atoms with Gasteiger partial charge in [-0.1, -0.05) is 22.9 Å². The minimum Gasteiger partial charge on any atom is -0.484 e. The lowest BCUT2D eigenvalue weighted by atomic mass is 10.1. The summed E-state index contributed by atoms with van der Waals surface area (Å²) in [5, 5.41) is 11.2. The number of amides is 1. The molecule has 0 fully saturated rings. The second-order valence-corrected chi connectivity index (χ2v) is 5.17. The van der Waals surface area contributed by atoms with Crippen molar-refractivity contribution >= 4 is 27.8 Å². The van der Waals surface area contributed by atoms with Crippen molar-refractivity contribution in [2.75, 3.05) is 13.2 Å². The van der Waals surface area contributed by atoms with Gasteiger partial charge in [-0.15, -0.1) is 0 Å². The fourth-order valence-corrected chi connectivity index (χ4v) is 1.65. The van der Waals surface area contributed by atoms with Crippen LogP contribution in [0.2, 0.25) is 0 Å². The summed E-state index contributed by atoms with van der Waals surface area (Å²) in [6, 6.07) is 7.15. The summed E-state index contributed by atoms with van der Waals surface area (Å²) in [6.07, 6.45) is 0.0356. The number of benzene rings is 1. The predicted molar refractivity (Wildman–Crippen MR) is 74.1 cm³/mol. The lowest BCUT2D eigenvalue weighted by Crippen LogP contribution is -2.33. The Balaban J connectivity index is 2.24. The van der Waals surface area contributed by atoms with Gasteiger partial charge in [0.25, 0.3) is 5.91 Å². The van der Waals surface area contributed by atoms with Crippen LogP contribution in [0.3, 0.4) is 0 Å². The zero-order valence-corrected chi connectivity index (χ0v) is 12.1. The molecule has 19 heavy (non-hydrogen) atoms. The molecule has 1 rings (SSSR count). The highest BCUT2D eigenvalue weighted by Gasteiger charge is 2.09. The quantitative estimate of drug-likeness (QED) is 0.802. The van der Waals surface area contributed by atoms with E-state index in [0.29, 0.717) is 12.3 Å². The third-order valence-corrected chi connectivity index (χ3v) is 2.88. The predicted octanol–water partition coefficient (Wildman–Crippen LogP) is 2.05. The van der Waals surface area contributed by atoms with Crippen LogP contribution in [-0.4, -0.2) is 30.1 Å². The lowest BCUT2D eigenvalue weighted by molar-refractivity contribution is -0.138. The van der Waals surface area contributed by atoms with E-state index in [1.165, 1.54) is 0 Å². The van der Waals surface area contributed by atoms with Gasteiger partial charge < -0.3 is 15.2 Å². The molecule has 1 atom stereocenters. The Kier molecular flexibility index (Phi) is 6.35. The van der Waals surface area contributed by atoms with Crippen molar-refractivity contribution in [1.82, 2.24) is 5.32 Å². The molecule has 1 unspecified atom stereocenters. The van der Waals surface area contributed by atoms with Crippen molar-refractivity contribution in [1.29, 1.82) is 0 Å². The van der Waals surface area contributed by atoms with Crippen LogP contribution in [0.5, 0.6) is 5.75 Å². The molecule has 0 aliphatic carbocycles. The van der Waals surface area contributed by atoms with E-state index in [9.17, 15) is 9.59 Å². The number of aliphatic carboxylic acids is 1. The van der Waals surface area contributed by atoms with Crippen molar-refractivity contribution in [2.45, 2.75) is 13.3 Å². The first-order valence-corrected chi connectivity index (χ1v) is 6.63. The van der Waals surface area contributed by atoms with Gasteiger partial charge in [0.05, 0.1) is 0 Å². The highest BCUT2D eigenvalue weighted by molar-refractivity contribution is 9.10. The van der Waals surface area contributed by atoms with E-state index >= 15 is 0 Å². The van der Waals surface area contributed by atoms with E-state index in [0.717, 1.165) is 4.47 Å². The van der Waals surface area contributed by atoms with Crippen LogP contribution in [0, 0.1) is 5.92 Å². The molecule has 0 radical (unpaired) electrons. The molecular formula is C13H16BrNO4. The third kappa shape index (κ3) is 6.81. The van der Waals surface area contributed by atoms with Gasteiger partial charge in [0.2, 0.25) is 0 Å². The first-order valence-electron chi connectivity index (χ1n) is 5.84. The van der Waals surface area contributed by atoms with Crippen molar-refractivity contribution in [3.8, 4) is 5.75 Å². The molecule has 0 bridgehead atoms. The smallest absolute Gasteiger partial charge is 0.303 e. The molecule has 0 aromatic heterocycles. The fraction of sp³-hybridized carbons (Fsp3) is 0.385. The number of carboxylic acids is 1. The monoisotopic (exact) mass is 329 g/mol. The molecule has 2 N–H and O–H groups in total. The summed E-state index contributed by atoms with van der Waals surface area (Å²) < 4.78 is 6.22. The van der Waals surface area contributed by atoms with E-state index in [2.05, 4.69) is 21.2 Å². The maximum absolute atomic E-state index is 11.5. The topological polar surface area (TPSA) is 75.6 Å². The van der Waals surface area contributed by atoms with Crippen LogP contribution in [-0.2, 0) is 9.59 Å². The Labute approximate surface area is 120 Å². The first kappa shape index (κ1) is 15.5. The van der Waals surface area contributed by atoms with Crippen LogP contribution in [0.25, 0.3) is 0 Å². The summed E-state index contributed by atoms with van der Waals surface area (Å²) in [4.78, 5) is 21.9. The molecule has 0 aliphatic heterocycles.